The summed E-state index contributed by atoms with van der Waals surface area (Å²) in [6.45, 7) is 3.74. The highest BCUT2D eigenvalue weighted by molar-refractivity contribution is 7.85. The number of carbonyl (C=O) groups excluding carboxylic acids is 2. The van der Waals surface area contributed by atoms with E-state index in [4.69, 9.17) is 18.9 Å². The quantitative estimate of drug-likeness (QED) is 0.0199. The molecule has 4 N–H and O–H groups in total. The summed E-state index contributed by atoms with van der Waals surface area (Å²) in [5, 5.41) is 30.9. The smallest absolute Gasteiger partial charge is 0.306 e. The predicted octanol–water partition coefficient (Wildman–Crippen LogP) is 9.62. The summed E-state index contributed by atoms with van der Waals surface area (Å²) < 4.78 is 54.0. The largest absolute Gasteiger partial charge is 0.462 e. The van der Waals surface area contributed by atoms with Gasteiger partial charge in [0.15, 0.2) is 12.4 Å². The van der Waals surface area contributed by atoms with Crippen molar-refractivity contribution >= 4 is 22.1 Å². The number of aliphatic hydroxyl groups excluding tert-OH is 3. The van der Waals surface area contributed by atoms with Gasteiger partial charge in [0.05, 0.1) is 6.61 Å². The minimum absolute atomic E-state index is 0.162. The Morgan fingerprint density at radius 1 is 0.576 bits per heavy atom. The lowest BCUT2D eigenvalue weighted by Gasteiger charge is -2.40. The average molecular weight is 861 g/mol. The topological polar surface area (TPSA) is 186 Å². The lowest BCUT2D eigenvalue weighted by molar-refractivity contribution is -0.297. The van der Waals surface area contributed by atoms with Crippen molar-refractivity contribution in [1.82, 2.24) is 0 Å². The number of rotatable bonds is 39. The number of esters is 2. The molecule has 0 amide bonds. The van der Waals surface area contributed by atoms with Crippen LogP contribution in [0, 0.1) is 0 Å². The molecule has 0 aromatic heterocycles. The van der Waals surface area contributed by atoms with Crippen molar-refractivity contribution in [2.24, 2.45) is 0 Å². The number of unbranched alkanes of at least 4 members (excludes halogenated alkanes) is 23. The van der Waals surface area contributed by atoms with Crippen LogP contribution in [0.2, 0.25) is 0 Å². The molecule has 0 spiro atoms. The first-order valence-corrected chi connectivity index (χ1v) is 25.0. The minimum Gasteiger partial charge on any atom is -0.462 e. The molecule has 1 aliphatic rings. The van der Waals surface area contributed by atoms with Crippen LogP contribution in [-0.4, -0.2) is 96.0 Å². The molecule has 0 radical (unpaired) electrons. The molecule has 0 aromatic rings. The molecule has 2 unspecified atom stereocenters. The van der Waals surface area contributed by atoms with Crippen molar-refractivity contribution in [3.8, 4) is 0 Å². The van der Waals surface area contributed by atoms with Gasteiger partial charge < -0.3 is 34.3 Å². The van der Waals surface area contributed by atoms with Gasteiger partial charge in [-0.15, -0.1) is 0 Å². The van der Waals surface area contributed by atoms with Crippen LogP contribution in [0.15, 0.2) is 24.3 Å². The molecule has 0 aliphatic carbocycles. The minimum atomic E-state index is -4.60. The van der Waals surface area contributed by atoms with E-state index in [1.165, 1.54) is 116 Å². The molecule has 0 bridgehead atoms. The summed E-state index contributed by atoms with van der Waals surface area (Å²) in [5.74, 6) is -2.01. The third kappa shape index (κ3) is 31.6. The van der Waals surface area contributed by atoms with Gasteiger partial charge in [-0.25, -0.2) is 0 Å². The number of aliphatic hydroxyl groups is 3. The fourth-order valence-corrected chi connectivity index (χ4v) is 7.81. The van der Waals surface area contributed by atoms with Gasteiger partial charge in [0.1, 0.15) is 36.8 Å². The van der Waals surface area contributed by atoms with E-state index in [1.807, 2.05) is 0 Å². The van der Waals surface area contributed by atoms with E-state index < -0.39 is 71.2 Å². The molecule has 346 valence electrons. The van der Waals surface area contributed by atoms with Gasteiger partial charge in [-0.1, -0.05) is 167 Å². The second-order valence-electron chi connectivity index (χ2n) is 16.4. The highest BCUT2D eigenvalue weighted by Gasteiger charge is 2.46. The Morgan fingerprint density at radius 2 is 1.02 bits per heavy atom. The molecule has 13 heteroatoms. The first kappa shape index (κ1) is 55.1. The molecule has 1 saturated heterocycles. The average Bonchev–Trinajstić information content (AvgIpc) is 3.20. The Hall–Kier alpha value is -1.87. The molecular formula is C46H84O12S. The standard InChI is InChI=1S/C46H84O12S/c1-3-5-7-9-11-13-15-17-19-21-23-25-27-29-31-33-35-42(48)57-39(37-56-46-45(51)44(50)43(49)40(58-46)38-59(52,53)54)36-55-41(47)34-32-30-28-26-24-22-20-18-16-14-12-10-8-6-4-2/h18,20,24,26,39-40,43-46,49-51H,3-17,19,21-23,25,27-38H2,1-2H3,(H,52,53,54)/b20-18+,26-24+/t39-,40-,43-,44?,45?,46+/m1/s1. The third-order valence-electron chi connectivity index (χ3n) is 10.8. The normalized spacial score (nSPS) is 20.4. The summed E-state index contributed by atoms with van der Waals surface area (Å²) in [7, 11) is -4.60. The molecule has 1 rings (SSSR count). The van der Waals surface area contributed by atoms with E-state index in [2.05, 4.69) is 38.2 Å². The van der Waals surface area contributed by atoms with E-state index in [0.717, 1.165) is 44.9 Å². The highest BCUT2D eigenvalue weighted by atomic mass is 32.2. The van der Waals surface area contributed by atoms with Gasteiger partial charge in [-0.2, -0.15) is 8.42 Å². The number of carbonyl (C=O) groups is 2. The first-order valence-electron chi connectivity index (χ1n) is 23.4. The SMILES string of the molecule is CCCCCCCC/C=C/C/C=C/CCCCC(=O)OC[C@H](CO[C@H]1O[C@H](CS(=O)(=O)O)[C@@H](O)C(O)C1O)OC(=O)CCCCCCCCCCCCCCCCCC. The maximum absolute atomic E-state index is 12.8. The predicted molar refractivity (Wildman–Crippen MR) is 233 cm³/mol. The van der Waals surface area contributed by atoms with Crippen molar-refractivity contribution in [2.45, 2.75) is 237 Å². The van der Waals surface area contributed by atoms with E-state index in [1.54, 1.807) is 0 Å². The van der Waals surface area contributed by atoms with Crippen molar-refractivity contribution in [3.05, 3.63) is 24.3 Å². The van der Waals surface area contributed by atoms with Crippen LogP contribution in [0.4, 0.5) is 0 Å². The van der Waals surface area contributed by atoms with Crippen molar-refractivity contribution in [3.63, 3.8) is 0 Å². The van der Waals surface area contributed by atoms with E-state index >= 15 is 0 Å². The van der Waals surface area contributed by atoms with Crippen molar-refractivity contribution in [2.75, 3.05) is 19.0 Å². The van der Waals surface area contributed by atoms with Crippen molar-refractivity contribution < 1.29 is 56.8 Å². The van der Waals surface area contributed by atoms with Gasteiger partial charge in [-0.05, 0) is 44.9 Å². The maximum atomic E-state index is 12.8. The second-order valence-corrected chi connectivity index (χ2v) is 17.9. The number of hydrogen-bond donors (Lipinski definition) is 4. The Balaban J connectivity index is 2.45. The van der Waals surface area contributed by atoms with Crippen LogP contribution in [0.25, 0.3) is 0 Å². The molecule has 1 fully saturated rings. The zero-order chi connectivity index (χ0) is 43.4. The lowest BCUT2D eigenvalue weighted by Crippen LogP contribution is -2.60. The lowest BCUT2D eigenvalue weighted by atomic mass is 10.00. The maximum Gasteiger partial charge on any atom is 0.306 e. The summed E-state index contributed by atoms with van der Waals surface area (Å²) in [4.78, 5) is 25.4. The first-order chi connectivity index (χ1) is 28.5. The molecule has 12 nitrogen and oxygen atoms in total. The van der Waals surface area contributed by atoms with Crippen LogP contribution >= 0.6 is 0 Å². The van der Waals surface area contributed by atoms with Crippen LogP contribution in [-0.2, 0) is 38.7 Å². The number of hydrogen-bond acceptors (Lipinski definition) is 11. The molecule has 1 aliphatic heterocycles. The Kier molecular flexibility index (Phi) is 34.4. The third-order valence-corrected chi connectivity index (χ3v) is 11.5. The molecule has 0 saturated carbocycles. The molecule has 1 heterocycles. The monoisotopic (exact) mass is 861 g/mol. The van der Waals surface area contributed by atoms with Crippen molar-refractivity contribution in [1.29, 1.82) is 0 Å². The molecule has 0 aromatic carbocycles. The van der Waals surface area contributed by atoms with Gasteiger partial charge in [0.25, 0.3) is 10.1 Å². The fraction of sp³-hybridized carbons (Fsp3) is 0.870. The Labute approximate surface area is 358 Å². The van der Waals surface area contributed by atoms with Gasteiger partial charge >= 0.3 is 11.9 Å². The Bertz CT molecular complexity index is 1190. The van der Waals surface area contributed by atoms with Gasteiger partial charge in [0.2, 0.25) is 0 Å². The molecular weight excluding hydrogens is 777 g/mol. The van der Waals surface area contributed by atoms with Crippen LogP contribution in [0.3, 0.4) is 0 Å². The number of allylic oxidation sites excluding steroid dienone is 4. The Morgan fingerprint density at radius 3 is 1.53 bits per heavy atom. The summed E-state index contributed by atoms with van der Waals surface area (Å²) in [5.41, 5.74) is 0. The zero-order valence-electron chi connectivity index (χ0n) is 36.9. The summed E-state index contributed by atoms with van der Waals surface area (Å²) >= 11 is 0. The zero-order valence-corrected chi connectivity index (χ0v) is 37.7. The van der Waals surface area contributed by atoms with Crippen LogP contribution in [0.1, 0.15) is 200 Å². The highest BCUT2D eigenvalue weighted by Crippen LogP contribution is 2.24. The van der Waals surface area contributed by atoms with E-state index in [0.29, 0.717) is 12.8 Å². The van der Waals surface area contributed by atoms with Gasteiger partial charge in [0, 0.05) is 12.8 Å². The number of ether oxygens (including phenoxy) is 4. The van der Waals surface area contributed by atoms with Crippen LogP contribution in [0.5, 0.6) is 0 Å². The van der Waals surface area contributed by atoms with E-state index in [9.17, 15) is 37.9 Å². The van der Waals surface area contributed by atoms with Gasteiger partial charge in [-0.3, -0.25) is 14.1 Å². The van der Waals surface area contributed by atoms with E-state index in [-0.39, 0.29) is 19.4 Å². The molecule has 6 atom stereocenters. The fourth-order valence-electron chi connectivity index (χ4n) is 7.12. The summed E-state index contributed by atoms with van der Waals surface area (Å²) in [6.07, 6.45) is 30.8. The second kappa shape index (κ2) is 36.8. The summed E-state index contributed by atoms with van der Waals surface area (Å²) in [6, 6.07) is 0. The van der Waals surface area contributed by atoms with Crippen LogP contribution < -0.4 is 0 Å². The molecule has 59 heavy (non-hydrogen) atoms.